The first-order valence-corrected chi connectivity index (χ1v) is 4.32. The fourth-order valence-corrected chi connectivity index (χ4v) is 1.58. The molecule has 2 aromatic rings. The standard InChI is InChI=1S/C7H7BrN4/c1-4-5(2)12-6(8)3-9-7(12)11-10-4/h3H,1-2H3. The van der Waals surface area contributed by atoms with Crippen molar-refractivity contribution >= 4 is 21.7 Å². The number of fused-ring (bicyclic) bond motifs is 1. The summed E-state index contributed by atoms with van der Waals surface area (Å²) in [7, 11) is 0. The van der Waals surface area contributed by atoms with E-state index in [0.717, 1.165) is 16.0 Å². The second-order valence-corrected chi connectivity index (χ2v) is 3.40. The monoisotopic (exact) mass is 226 g/mol. The Kier molecular flexibility index (Phi) is 1.61. The molecule has 0 radical (unpaired) electrons. The molecule has 0 aliphatic heterocycles. The van der Waals surface area contributed by atoms with Gasteiger partial charge in [0.25, 0.3) is 5.78 Å². The molecule has 0 saturated carbocycles. The fraction of sp³-hybridized carbons (Fsp3) is 0.286. The quantitative estimate of drug-likeness (QED) is 0.684. The minimum absolute atomic E-state index is 0.630. The van der Waals surface area contributed by atoms with Gasteiger partial charge < -0.3 is 0 Å². The van der Waals surface area contributed by atoms with Crippen molar-refractivity contribution < 1.29 is 0 Å². The fourth-order valence-electron chi connectivity index (χ4n) is 1.06. The lowest BCUT2D eigenvalue weighted by Gasteiger charge is -2.01. The van der Waals surface area contributed by atoms with E-state index in [1.807, 2.05) is 18.2 Å². The van der Waals surface area contributed by atoms with Crippen LogP contribution in [-0.4, -0.2) is 19.6 Å². The molecule has 0 N–H and O–H groups in total. The zero-order valence-corrected chi connectivity index (χ0v) is 8.33. The molecule has 0 fully saturated rings. The normalized spacial score (nSPS) is 10.9. The van der Waals surface area contributed by atoms with Crippen molar-refractivity contribution in [3.63, 3.8) is 0 Å². The summed E-state index contributed by atoms with van der Waals surface area (Å²) in [6.07, 6.45) is 1.72. The van der Waals surface area contributed by atoms with E-state index in [9.17, 15) is 0 Å². The highest BCUT2D eigenvalue weighted by Gasteiger charge is 2.06. The highest BCUT2D eigenvalue weighted by Crippen LogP contribution is 2.14. The Morgan fingerprint density at radius 2 is 2.08 bits per heavy atom. The van der Waals surface area contributed by atoms with Gasteiger partial charge in [-0.1, -0.05) is 0 Å². The van der Waals surface area contributed by atoms with Gasteiger partial charge in [0.2, 0.25) is 0 Å². The Bertz CT molecular complexity index is 434. The summed E-state index contributed by atoms with van der Waals surface area (Å²) in [4.78, 5) is 4.06. The second kappa shape index (κ2) is 2.52. The average Bonchev–Trinajstić information content (AvgIpc) is 2.41. The summed E-state index contributed by atoms with van der Waals surface area (Å²) in [5.74, 6) is 0.630. The van der Waals surface area contributed by atoms with E-state index in [2.05, 4.69) is 31.1 Å². The third kappa shape index (κ3) is 0.929. The van der Waals surface area contributed by atoms with Crippen molar-refractivity contribution in [1.29, 1.82) is 0 Å². The number of aromatic nitrogens is 4. The van der Waals surface area contributed by atoms with Gasteiger partial charge in [-0.2, -0.15) is 5.10 Å². The molecule has 0 aliphatic rings. The Labute approximate surface area is 77.8 Å². The lowest BCUT2D eigenvalue weighted by molar-refractivity contribution is 0.880. The number of rotatable bonds is 0. The molecule has 0 unspecified atom stereocenters. The first kappa shape index (κ1) is 7.67. The van der Waals surface area contributed by atoms with E-state index < -0.39 is 0 Å². The summed E-state index contributed by atoms with van der Waals surface area (Å²) in [6.45, 7) is 3.91. The molecule has 0 atom stereocenters. The number of nitrogens with zero attached hydrogens (tertiary/aromatic N) is 4. The third-order valence-electron chi connectivity index (χ3n) is 1.85. The molecule has 0 amide bonds. The first-order valence-electron chi connectivity index (χ1n) is 3.53. The molecule has 2 rings (SSSR count). The minimum atomic E-state index is 0.630. The first-order chi connectivity index (χ1) is 5.70. The smallest absolute Gasteiger partial charge is 0.254 e. The number of hydrogen-bond donors (Lipinski definition) is 0. The Hall–Kier alpha value is -0.970. The second-order valence-electron chi connectivity index (χ2n) is 2.59. The lowest BCUT2D eigenvalue weighted by atomic mass is 10.4. The van der Waals surface area contributed by atoms with Crippen molar-refractivity contribution in [2.45, 2.75) is 13.8 Å². The largest absolute Gasteiger partial charge is 0.272 e. The van der Waals surface area contributed by atoms with Gasteiger partial charge in [-0.05, 0) is 29.8 Å². The molecule has 0 aliphatic carbocycles. The molecule has 0 spiro atoms. The molecule has 12 heavy (non-hydrogen) atoms. The van der Waals surface area contributed by atoms with Gasteiger partial charge in [-0.3, -0.25) is 4.40 Å². The van der Waals surface area contributed by atoms with Gasteiger partial charge in [0, 0.05) is 5.69 Å². The topological polar surface area (TPSA) is 43.1 Å². The summed E-state index contributed by atoms with van der Waals surface area (Å²) in [6, 6.07) is 0. The number of imidazole rings is 1. The molecule has 2 aromatic heterocycles. The molecule has 4 nitrogen and oxygen atoms in total. The van der Waals surface area contributed by atoms with Crippen LogP contribution in [0, 0.1) is 13.8 Å². The summed E-state index contributed by atoms with van der Waals surface area (Å²) < 4.78 is 2.83. The Balaban J connectivity index is 2.96. The van der Waals surface area contributed by atoms with Crippen LogP contribution in [0.25, 0.3) is 5.78 Å². The molecule has 0 aromatic carbocycles. The van der Waals surface area contributed by atoms with E-state index >= 15 is 0 Å². The van der Waals surface area contributed by atoms with Crippen LogP contribution in [0.1, 0.15) is 11.4 Å². The van der Waals surface area contributed by atoms with Crippen LogP contribution in [0.5, 0.6) is 0 Å². The van der Waals surface area contributed by atoms with Crippen LogP contribution in [-0.2, 0) is 0 Å². The highest BCUT2D eigenvalue weighted by molar-refractivity contribution is 9.10. The van der Waals surface area contributed by atoms with Crippen molar-refractivity contribution in [3.8, 4) is 0 Å². The predicted molar refractivity (Wildman–Crippen MR) is 48.0 cm³/mol. The molecular weight excluding hydrogens is 220 g/mol. The van der Waals surface area contributed by atoms with Crippen molar-refractivity contribution in [1.82, 2.24) is 19.6 Å². The molecule has 62 valence electrons. The number of aryl methyl sites for hydroxylation is 2. The lowest BCUT2D eigenvalue weighted by Crippen LogP contribution is -2.00. The van der Waals surface area contributed by atoms with E-state index in [1.165, 1.54) is 0 Å². The maximum absolute atomic E-state index is 4.06. The van der Waals surface area contributed by atoms with Gasteiger partial charge in [0.05, 0.1) is 11.9 Å². The summed E-state index contributed by atoms with van der Waals surface area (Å²) in [5.41, 5.74) is 1.98. The molecular formula is C7H7BrN4. The minimum Gasteiger partial charge on any atom is -0.272 e. The van der Waals surface area contributed by atoms with Crippen molar-refractivity contribution in [3.05, 3.63) is 22.2 Å². The predicted octanol–water partition coefficient (Wildman–Crippen LogP) is 1.50. The maximum Gasteiger partial charge on any atom is 0.254 e. The maximum atomic E-state index is 4.06. The molecule has 5 heteroatoms. The van der Waals surface area contributed by atoms with Gasteiger partial charge in [-0.25, -0.2) is 4.98 Å². The molecule has 0 bridgehead atoms. The Morgan fingerprint density at radius 1 is 1.33 bits per heavy atom. The number of hydrogen-bond acceptors (Lipinski definition) is 3. The van der Waals surface area contributed by atoms with Gasteiger partial charge in [0.1, 0.15) is 4.60 Å². The van der Waals surface area contributed by atoms with Crippen LogP contribution in [0.15, 0.2) is 10.8 Å². The van der Waals surface area contributed by atoms with Crippen LogP contribution in [0.4, 0.5) is 0 Å². The van der Waals surface area contributed by atoms with E-state index in [0.29, 0.717) is 5.78 Å². The third-order valence-corrected chi connectivity index (χ3v) is 2.41. The van der Waals surface area contributed by atoms with Crippen molar-refractivity contribution in [2.24, 2.45) is 0 Å². The molecule has 2 heterocycles. The highest BCUT2D eigenvalue weighted by atomic mass is 79.9. The van der Waals surface area contributed by atoms with Crippen LogP contribution in [0.2, 0.25) is 0 Å². The van der Waals surface area contributed by atoms with E-state index in [-0.39, 0.29) is 0 Å². The zero-order valence-electron chi connectivity index (χ0n) is 6.74. The number of halogens is 1. The molecule has 0 saturated heterocycles. The van der Waals surface area contributed by atoms with Gasteiger partial charge in [0.15, 0.2) is 0 Å². The average molecular weight is 227 g/mol. The van der Waals surface area contributed by atoms with Crippen LogP contribution in [0.3, 0.4) is 0 Å². The van der Waals surface area contributed by atoms with E-state index in [4.69, 9.17) is 0 Å². The van der Waals surface area contributed by atoms with Gasteiger partial charge in [-0.15, -0.1) is 5.10 Å². The van der Waals surface area contributed by atoms with Gasteiger partial charge >= 0.3 is 0 Å². The van der Waals surface area contributed by atoms with Crippen molar-refractivity contribution in [2.75, 3.05) is 0 Å². The Morgan fingerprint density at radius 3 is 2.83 bits per heavy atom. The SMILES string of the molecule is Cc1nnc2ncc(Br)n2c1C. The summed E-state index contributed by atoms with van der Waals surface area (Å²) >= 11 is 3.38. The zero-order chi connectivity index (χ0) is 8.72. The van der Waals surface area contributed by atoms with E-state index in [1.54, 1.807) is 6.20 Å². The summed E-state index contributed by atoms with van der Waals surface area (Å²) in [5, 5.41) is 7.90. The van der Waals surface area contributed by atoms with Crippen LogP contribution < -0.4 is 0 Å². The van der Waals surface area contributed by atoms with Crippen LogP contribution >= 0.6 is 15.9 Å².